The number of halogens is 1. The van der Waals surface area contributed by atoms with Crippen molar-refractivity contribution in [1.82, 2.24) is 15.3 Å². The van der Waals surface area contributed by atoms with Crippen molar-refractivity contribution >= 4 is 28.5 Å². The second-order valence-electron chi connectivity index (χ2n) is 7.82. The van der Waals surface area contributed by atoms with Crippen LogP contribution >= 0.6 is 11.6 Å². The topological polar surface area (TPSA) is 87.2 Å². The lowest BCUT2D eigenvalue weighted by molar-refractivity contribution is -0.127. The predicted octanol–water partition coefficient (Wildman–Crippen LogP) is 4.35. The van der Waals surface area contributed by atoms with Gasteiger partial charge in [0.2, 0.25) is 5.91 Å². The molecule has 0 spiro atoms. The molecule has 0 saturated heterocycles. The van der Waals surface area contributed by atoms with Crippen LogP contribution in [0.25, 0.3) is 11.0 Å². The van der Waals surface area contributed by atoms with E-state index in [0.717, 1.165) is 42.5 Å². The molecule has 4 rings (SSSR count). The van der Waals surface area contributed by atoms with Crippen molar-refractivity contribution in [3.8, 4) is 5.75 Å². The van der Waals surface area contributed by atoms with Gasteiger partial charge < -0.3 is 20.1 Å². The van der Waals surface area contributed by atoms with Crippen molar-refractivity contribution in [2.24, 2.45) is 5.92 Å². The third-order valence-corrected chi connectivity index (χ3v) is 6.10. The number of rotatable bonds is 6. The number of aliphatic hydroxyl groups is 1. The normalized spacial score (nSPS) is 20.1. The third kappa shape index (κ3) is 4.45. The molecule has 6 nitrogen and oxygen atoms in total. The zero-order chi connectivity index (χ0) is 21.1. The van der Waals surface area contributed by atoms with Crippen LogP contribution in [0.1, 0.15) is 49.1 Å². The number of aromatic amines is 1. The summed E-state index contributed by atoms with van der Waals surface area (Å²) in [4.78, 5) is 21.1. The average molecular weight is 428 g/mol. The summed E-state index contributed by atoms with van der Waals surface area (Å²) in [7, 11) is 1.59. The van der Waals surface area contributed by atoms with Gasteiger partial charge in [0.25, 0.3) is 0 Å². The molecular weight excluding hydrogens is 402 g/mol. The van der Waals surface area contributed by atoms with Gasteiger partial charge in [0, 0.05) is 23.4 Å². The molecule has 1 fully saturated rings. The van der Waals surface area contributed by atoms with E-state index in [9.17, 15) is 9.90 Å². The highest BCUT2D eigenvalue weighted by Crippen LogP contribution is 2.37. The zero-order valence-corrected chi connectivity index (χ0v) is 17.7. The maximum Gasteiger partial charge on any atom is 0.223 e. The number of benzene rings is 2. The summed E-state index contributed by atoms with van der Waals surface area (Å²) in [5.74, 6) is 1.32. The molecule has 7 heteroatoms. The Hall–Kier alpha value is -2.57. The molecule has 1 amide bonds. The minimum Gasteiger partial charge on any atom is -0.497 e. The number of ether oxygens (including phenoxy) is 1. The van der Waals surface area contributed by atoms with E-state index in [0.29, 0.717) is 16.3 Å². The Balaban J connectivity index is 1.45. The summed E-state index contributed by atoms with van der Waals surface area (Å²) >= 11 is 6.09. The number of carbonyl (C=O) groups excluding carboxylic acids is 1. The van der Waals surface area contributed by atoms with Gasteiger partial charge in [-0.1, -0.05) is 36.6 Å². The smallest absolute Gasteiger partial charge is 0.223 e. The van der Waals surface area contributed by atoms with Crippen molar-refractivity contribution in [3.05, 3.63) is 58.9 Å². The monoisotopic (exact) mass is 427 g/mol. The van der Waals surface area contributed by atoms with Crippen LogP contribution in [0.3, 0.4) is 0 Å². The molecule has 0 bridgehead atoms. The van der Waals surface area contributed by atoms with Gasteiger partial charge in [-0.15, -0.1) is 0 Å². The van der Waals surface area contributed by atoms with Crippen molar-refractivity contribution in [3.63, 3.8) is 0 Å². The second kappa shape index (κ2) is 9.06. The SMILES string of the molecule is COc1cccc([C@H](O)CNC(=O)[C@H]2CCCC[C@@H]2c2nc3ccc(Cl)cc3[nH]2)c1. The molecule has 30 heavy (non-hydrogen) atoms. The quantitative estimate of drug-likeness (QED) is 0.545. The molecule has 1 aliphatic rings. The van der Waals surface area contributed by atoms with E-state index in [1.807, 2.05) is 36.4 Å². The molecule has 0 unspecified atom stereocenters. The molecule has 158 valence electrons. The van der Waals surface area contributed by atoms with Crippen LogP contribution in [-0.4, -0.2) is 34.6 Å². The number of imidazole rings is 1. The van der Waals surface area contributed by atoms with E-state index in [-0.39, 0.29) is 24.3 Å². The number of aliphatic hydroxyl groups excluding tert-OH is 1. The maximum absolute atomic E-state index is 13.0. The maximum atomic E-state index is 13.0. The van der Waals surface area contributed by atoms with E-state index in [1.165, 1.54) is 0 Å². The highest BCUT2D eigenvalue weighted by molar-refractivity contribution is 6.31. The van der Waals surface area contributed by atoms with Gasteiger partial charge in [-0.2, -0.15) is 0 Å². The first-order valence-electron chi connectivity index (χ1n) is 10.3. The fraction of sp³-hybridized carbons (Fsp3) is 0.391. The van der Waals surface area contributed by atoms with Crippen LogP contribution < -0.4 is 10.1 Å². The van der Waals surface area contributed by atoms with Gasteiger partial charge in [-0.3, -0.25) is 4.79 Å². The Labute approximate surface area is 180 Å². The molecule has 1 aliphatic carbocycles. The number of hydrogen-bond donors (Lipinski definition) is 3. The highest BCUT2D eigenvalue weighted by Gasteiger charge is 2.34. The Kier molecular flexibility index (Phi) is 6.25. The summed E-state index contributed by atoms with van der Waals surface area (Å²) in [5.41, 5.74) is 2.45. The minimum absolute atomic E-state index is 0.0267. The van der Waals surface area contributed by atoms with Crippen LogP contribution in [0.2, 0.25) is 5.02 Å². The van der Waals surface area contributed by atoms with Crippen molar-refractivity contribution in [1.29, 1.82) is 0 Å². The van der Waals surface area contributed by atoms with E-state index >= 15 is 0 Å². The molecule has 1 saturated carbocycles. The van der Waals surface area contributed by atoms with Crippen LogP contribution in [0.15, 0.2) is 42.5 Å². The summed E-state index contributed by atoms with van der Waals surface area (Å²) in [5, 5.41) is 14.1. The fourth-order valence-corrected chi connectivity index (χ4v) is 4.42. The Morgan fingerprint density at radius 1 is 1.30 bits per heavy atom. The fourth-order valence-electron chi connectivity index (χ4n) is 4.24. The largest absolute Gasteiger partial charge is 0.497 e. The van der Waals surface area contributed by atoms with Gasteiger partial charge in [0.1, 0.15) is 11.6 Å². The molecule has 1 aromatic heterocycles. The molecule has 0 radical (unpaired) electrons. The summed E-state index contributed by atoms with van der Waals surface area (Å²) in [6, 6.07) is 12.8. The number of amides is 1. The number of aromatic nitrogens is 2. The van der Waals surface area contributed by atoms with Crippen LogP contribution in [0, 0.1) is 5.92 Å². The number of methoxy groups -OCH3 is 1. The van der Waals surface area contributed by atoms with Gasteiger partial charge in [0.15, 0.2) is 0 Å². The molecule has 3 aromatic rings. The first-order chi connectivity index (χ1) is 14.5. The highest BCUT2D eigenvalue weighted by atomic mass is 35.5. The number of fused-ring (bicyclic) bond motifs is 1. The van der Waals surface area contributed by atoms with Crippen molar-refractivity contribution in [2.75, 3.05) is 13.7 Å². The summed E-state index contributed by atoms with van der Waals surface area (Å²) in [6.45, 7) is 0.158. The Morgan fingerprint density at radius 2 is 2.13 bits per heavy atom. The number of nitrogens with one attached hydrogen (secondary N) is 2. The zero-order valence-electron chi connectivity index (χ0n) is 16.9. The van der Waals surface area contributed by atoms with Gasteiger partial charge in [-0.25, -0.2) is 4.98 Å². The van der Waals surface area contributed by atoms with E-state index in [2.05, 4.69) is 10.3 Å². The number of carbonyl (C=O) groups is 1. The predicted molar refractivity (Wildman–Crippen MR) is 117 cm³/mol. The van der Waals surface area contributed by atoms with Gasteiger partial charge in [0.05, 0.1) is 24.2 Å². The van der Waals surface area contributed by atoms with Crippen LogP contribution in [0.5, 0.6) is 5.75 Å². The first-order valence-corrected chi connectivity index (χ1v) is 10.7. The lowest BCUT2D eigenvalue weighted by atomic mass is 9.78. The first kappa shape index (κ1) is 20.7. The molecular formula is C23H26ClN3O3. The molecule has 1 heterocycles. The average Bonchev–Trinajstić information content (AvgIpc) is 3.20. The molecule has 2 aromatic carbocycles. The summed E-state index contributed by atoms with van der Waals surface area (Å²) in [6.07, 6.45) is 3.00. The lowest BCUT2D eigenvalue weighted by Gasteiger charge is -2.29. The van der Waals surface area contributed by atoms with E-state index < -0.39 is 6.10 Å². The molecule has 0 aliphatic heterocycles. The Bertz CT molecular complexity index is 1040. The van der Waals surface area contributed by atoms with Crippen molar-refractivity contribution in [2.45, 2.75) is 37.7 Å². The van der Waals surface area contributed by atoms with E-state index in [4.69, 9.17) is 21.3 Å². The molecule has 3 atom stereocenters. The van der Waals surface area contributed by atoms with Crippen LogP contribution in [-0.2, 0) is 4.79 Å². The molecule has 3 N–H and O–H groups in total. The number of H-pyrrole nitrogens is 1. The standard InChI is InChI=1S/C23H26ClN3O3/c1-30-16-6-4-5-14(11-16)21(28)13-25-23(29)18-8-3-2-7-17(18)22-26-19-10-9-15(24)12-20(19)27-22/h4-6,9-12,17-18,21,28H,2-3,7-8,13H2,1H3,(H,25,29)(H,26,27)/t17-,18-,21+/m0/s1. The summed E-state index contributed by atoms with van der Waals surface area (Å²) < 4.78 is 5.20. The second-order valence-corrected chi connectivity index (χ2v) is 8.25. The van der Waals surface area contributed by atoms with Gasteiger partial charge >= 0.3 is 0 Å². The van der Waals surface area contributed by atoms with Crippen LogP contribution in [0.4, 0.5) is 0 Å². The lowest BCUT2D eigenvalue weighted by Crippen LogP contribution is -2.38. The van der Waals surface area contributed by atoms with E-state index in [1.54, 1.807) is 13.2 Å². The van der Waals surface area contributed by atoms with Gasteiger partial charge in [-0.05, 0) is 48.7 Å². The number of hydrogen-bond acceptors (Lipinski definition) is 4. The third-order valence-electron chi connectivity index (χ3n) is 5.86. The minimum atomic E-state index is -0.792. The van der Waals surface area contributed by atoms with Crippen molar-refractivity contribution < 1.29 is 14.6 Å². The number of nitrogens with zero attached hydrogens (tertiary/aromatic N) is 1. The Morgan fingerprint density at radius 3 is 2.97 bits per heavy atom.